The highest BCUT2D eigenvalue weighted by Gasteiger charge is 2.58. The summed E-state index contributed by atoms with van der Waals surface area (Å²) in [5, 5.41) is 8.18. The molecule has 0 aromatic rings. The number of ether oxygens (including phenoxy) is 1. The van der Waals surface area contributed by atoms with Gasteiger partial charge in [-0.2, -0.15) is 35.1 Å². The molecule has 20 heavy (non-hydrogen) atoms. The van der Waals surface area contributed by atoms with Crippen LogP contribution in [0.3, 0.4) is 0 Å². The van der Waals surface area contributed by atoms with Gasteiger partial charge in [-0.15, -0.1) is 0 Å². The number of rotatable bonds is 2. The molecule has 1 aliphatic rings. The topological polar surface area (TPSA) is 49.8 Å². The van der Waals surface area contributed by atoms with Crippen molar-refractivity contribution < 1.29 is 49.8 Å². The van der Waals surface area contributed by atoms with E-state index in [4.69, 9.17) is 5.11 Å². The van der Waals surface area contributed by atoms with E-state index in [9.17, 15) is 39.9 Å². The molecule has 4 nitrogen and oxygen atoms in total. The molecule has 0 radical (unpaired) electrons. The number of carbonyl (C=O) groups is 1. The SMILES string of the molecule is O=C(O)C(F)(F)N1C[C@@H](C(F)(F)F)O[C@@H](C(F)(F)F)C1. The number of hydrogen-bond acceptors (Lipinski definition) is 3. The van der Waals surface area contributed by atoms with Crippen molar-refractivity contribution in [2.75, 3.05) is 13.1 Å². The molecule has 1 fully saturated rings. The van der Waals surface area contributed by atoms with Gasteiger partial charge >= 0.3 is 24.4 Å². The highest BCUT2D eigenvalue weighted by molar-refractivity contribution is 5.74. The zero-order valence-corrected chi connectivity index (χ0v) is 9.30. The molecule has 0 aromatic carbocycles. The van der Waals surface area contributed by atoms with Gasteiger partial charge in [0.15, 0.2) is 12.2 Å². The number of alkyl halides is 8. The Morgan fingerprint density at radius 2 is 1.30 bits per heavy atom. The van der Waals surface area contributed by atoms with Crippen LogP contribution in [0.2, 0.25) is 0 Å². The van der Waals surface area contributed by atoms with E-state index in [0.717, 1.165) is 0 Å². The van der Waals surface area contributed by atoms with Gasteiger partial charge in [0.25, 0.3) is 0 Å². The first kappa shape index (κ1) is 16.9. The van der Waals surface area contributed by atoms with Crippen LogP contribution in [0.25, 0.3) is 0 Å². The van der Waals surface area contributed by atoms with Crippen LogP contribution in [0.15, 0.2) is 0 Å². The second-order valence-electron chi connectivity index (χ2n) is 3.95. The minimum atomic E-state index is -5.34. The molecule has 1 aliphatic heterocycles. The first-order chi connectivity index (χ1) is 8.76. The molecule has 118 valence electrons. The standard InChI is InChI=1S/C8H7F8NO3/c9-6(10,11)3-1-17(8(15,16)5(18)19)2-4(20-3)7(12,13)14/h3-4H,1-2H2,(H,18,19)/t3-,4+. The smallest absolute Gasteiger partial charge is 0.415 e. The summed E-state index contributed by atoms with van der Waals surface area (Å²) in [7, 11) is 0. The summed E-state index contributed by atoms with van der Waals surface area (Å²) in [6, 6.07) is -4.86. The van der Waals surface area contributed by atoms with Crippen molar-refractivity contribution in [3.05, 3.63) is 0 Å². The summed E-state index contributed by atoms with van der Waals surface area (Å²) in [6.07, 6.45) is -17.0. The Labute approximate surface area is 105 Å². The maximum atomic E-state index is 13.1. The van der Waals surface area contributed by atoms with Gasteiger partial charge in [0.2, 0.25) is 0 Å². The lowest BCUT2D eigenvalue weighted by atomic mass is 10.2. The first-order valence-electron chi connectivity index (χ1n) is 4.91. The van der Waals surface area contributed by atoms with Gasteiger partial charge in [-0.3, -0.25) is 0 Å². The van der Waals surface area contributed by atoms with E-state index >= 15 is 0 Å². The van der Waals surface area contributed by atoms with Crippen molar-refractivity contribution >= 4 is 5.97 Å². The lowest BCUT2D eigenvalue weighted by Crippen LogP contribution is -2.63. The molecule has 0 aromatic heterocycles. The maximum absolute atomic E-state index is 13.1. The second-order valence-corrected chi connectivity index (χ2v) is 3.95. The normalized spacial score (nSPS) is 26.6. The molecule has 2 atom stereocenters. The van der Waals surface area contributed by atoms with Gasteiger partial charge in [-0.05, 0) is 0 Å². The highest BCUT2D eigenvalue weighted by Crippen LogP contribution is 2.36. The fraction of sp³-hybridized carbons (Fsp3) is 0.875. The monoisotopic (exact) mass is 317 g/mol. The van der Waals surface area contributed by atoms with Crippen LogP contribution in [-0.4, -0.2) is 59.7 Å². The molecule has 1 rings (SSSR count). The molecule has 0 amide bonds. The van der Waals surface area contributed by atoms with Gasteiger partial charge in [0.1, 0.15) is 0 Å². The van der Waals surface area contributed by atoms with Crippen LogP contribution in [0.1, 0.15) is 0 Å². The Bertz CT molecular complexity index is 357. The van der Waals surface area contributed by atoms with Crippen LogP contribution in [0.4, 0.5) is 35.1 Å². The van der Waals surface area contributed by atoms with Crippen molar-refractivity contribution in [1.82, 2.24) is 4.90 Å². The lowest BCUT2D eigenvalue weighted by molar-refractivity contribution is -0.324. The third kappa shape index (κ3) is 3.48. The molecule has 0 bridgehead atoms. The predicted octanol–water partition coefficient (Wildman–Crippen LogP) is 1.86. The van der Waals surface area contributed by atoms with Gasteiger partial charge in [0, 0.05) is 13.1 Å². The summed E-state index contributed by atoms with van der Waals surface area (Å²) in [4.78, 5) is 9.52. The first-order valence-corrected chi connectivity index (χ1v) is 4.91. The Morgan fingerprint density at radius 3 is 1.55 bits per heavy atom. The van der Waals surface area contributed by atoms with Crippen LogP contribution in [-0.2, 0) is 9.53 Å². The van der Waals surface area contributed by atoms with Crippen molar-refractivity contribution in [2.24, 2.45) is 0 Å². The largest absolute Gasteiger partial charge is 0.476 e. The minimum absolute atomic E-state index is 0.713. The molecule has 1 saturated heterocycles. The summed E-state index contributed by atoms with van der Waals surface area (Å²) in [5.74, 6) is -2.85. The second kappa shape index (κ2) is 4.98. The van der Waals surface area contributed by atoms with E-state index in [1.54, 1.807) is 0 Å². The van der Waals surface area contributed by atoms with Crippen LogP contribution >= 0.6 is 0 Å². The van der Waals surface area contributed by atoms with Crippen LogP contribution < -0.4 is 0 Å². The maximum Gasteiger partial charge on any atom is 0.415 e. The third-order valence-electron chi connectivity index (χ3n) is 2.49. The quantitative estimate of drug-likeness (QED) is 0.624. The summed E-state index contributed by atoms with van der Waals surface area (Å²) in [5.41, 5.74) is 0. The molecular formula is C8H7F8NO3. The van der Waals surface area contributed by atoms with Crippen molar-refractivity contribution in [2.45, 2.75) is 30.6 Å². The molecule has 0 unspecified atom stereocenters. The summed E-state index contributed by atoms with van der Waals surface area (Å²) >= 11 is 0. The highest BCUT2D eigenvalue weighted by atomic mass is 19.4. The molecule has 1 heterocycles. The molecule has 0 saturated carbocycles. The Balaban J connectivity index is 3.06. The summed E-state index contributed by atoms with van der Waals surface area (Å²) in [6.45, 7) is -3.43. The Hall–Kier alpha value is -1.17. The van der Waals surface area contributed by atoms with Crippen molar-refractivity contribution in [3.63, 3.8) is 0 Å². The zero-order chi connectivity index (χ0) is 15.9. The lowest BCUT2D eigenvalue weighted by Gasteiger charge is -2.40. The number of carboxylic acids is 1. The molecule has 12 heteroatoms. The van der Waals surface area contributed by atoms with Crippen LogP contribution in [0, 0.1) is 0 Å². The van der Waals surface area contributed by atoms with Crippen molar-refractivity contribution in [3.8, 4) is 0 Å². The molecule has 1 N–H and O–H groups in total. The number of halogens is 8. The van der Waals surface area contributed by atoms with Gasteiger partial charge in [-0.25, -0.2) is 9.69 Å². The average Bonchev–Trinajstić information content (AvgIpc) is 2.25. The summed E-state index contributed by atoms with van der Waals surface area (Å²) < 4.78 is 104. The number of morpholine rings is 1. The van der Waals surface area contributed by atoms with Gasteiger partial charge < -0.3 is 9.84 Å². The van der Waals surface area contributed by atoms with E-state index < -0.39 is 54.6 Å². The van der Waals surface area contributed by atoms with E-state index in [1.807, 2.05) is 0 Å². The molecular weight excluding hydrogens is 310 g/mol. The van der Waals surface area contributed by atoms with Crippen LogP contribution in [0.5, 0.6) is 0 Å². The zero-order valence-electron chi connectivity index (χ0n) is 9.30. The number of nitrogens with zero attached hydrogens (tertiary/aromatic N) is 1. The number of carboxylic acid groups (broad SMARTS) is 1. The fourth-order valence-corrected chi connectivity index (χ4v) is 1.49. The van der Waals surface area contributed by atoms with Gasteiger partial charge in [-0.1, -0.05) is 0 Å². The third-order valence-corrected chi connectivity index (χ3v) is 2.49. The predicted molar refractivity (Wildman–Crippen MR) is 44.9 cm³/mol. The van der Waals surface area contributed by atoms with Gasteiger partial charge in [0.05, 0.1) is 0 Å². The Kier molecular flexibility index (Phi) is 4.21. The fourth-order valence-electron chi connectivity index (χ4n) is 1.49. The number of hydrogen-bond donors (Lipinski definition) is 1. The van der Waals surface area contributed by atoms with E-state index in [1.165, 1.54) is 0 Å². The van der Waals surface area contributed by atoms with E-state index in [-0.39, 0.29) is 0 Å². The van der Waals surface area contributed by atoms with Crippen molar-refractivity contribution in [1.29, 1.82) is 0 Å². The van der Waals surface area contributed by atoms with E-state index in [2.05, 4.69) is 4.74 Å². The van der Waals surface area contributed by atoms with E-state index in [0.29, 0.717) is 0 Å². The number of aliphatic carboxylic acids is 1. The molecule has 0 spiro atoms. The average molecular weight is 317 g/mol. The molecule has 0 aliphatic carbocycles. The Morgan fingerprint density at radius 1 is 0.950 bits per heavy atom. The minimum Gasteiger partial charge on any atom is -0.476 e.